The number of methoxy groups -OCH3 is 1. The third-order valence-electron chi connectivity index (χ3n) is 3.05. The molecule has 0 saturated carbocycles. The van der Waals surface area contributed by atoms with Gasteiger partial charge in [-0.05, 0) is 24.6 Å². The van der Waals surface area contributed by atoms with E-state index in [0.717, 1.165) is 5.56 Å². The second-order valence-electron chi connectivity index (χ2n) is 4.38. The molecular weight excluding hydrogens is 254 g/mol. The smallest absolute Gasteiger partial charge is 0.311 e. The van der Waals surface area contributed by atoms with Gasteiger partial charge >= 0.3 is 5.97 Å². The average molecular weight is 268 g/mol. The van der Waals surface area contributed by atoms with Crippen LogP contribution in [0.2, 0.25) is 5.02 Å². The van der Waals surface area contributed by atoms with Gasteiger partial charge in [0, 0.05) is 13.0 Å². The number of aryl methyl sites for hydroxylation is 1. The van der Waals surface area contributed by atoms with Crippen molar-refractivity contribution in [3.05, 3.63) is 28.8 Å². The van der Waals surface area contributed by atoms with E-state index in [1.54, 1.807) is 11.0 Å². The molecule has 1 amide bonds. The molecule has 1 aliphatic rings. The molecule has 0 N–H and O–H groups in total. The van der Waals surface area contributed by atoms with Crippen LogP contribution in [0.4, 0.5) is 5.69 Å². The van der Waals surface area contributed by atoms with Crippen molar-refractivity contribution < 1.29 is 14.3 Å². The summed E-state index contributed by atoms with van der Waals surface area (Å²) in [5.74, 6) is -0.855. The lowest BCUT2D eigenvalue weighted by molar-refractivity contribution is -0.145. The fourth-order valence-electron chi connectivity index (χ4n) is 2.09. The van der Waals surface area contributed by atoms with E-state index in [0.29, 0.717) is 17.3 Å². The zero-order valence-electron chi connectivity index (χ0n) is 10.3. The lowest BCUT2D eigenvalue weighted by atomic mass is 10.1. The number of carbonyl (C=O) groups excluding carboxylic acids is 2. The predicted octanol–water partition coefficient (Wildman–Crippen LogP) is 2.17. The highest BCUT2D eigenvalue weighted by molar-refractivity contribution is 6.34. The molecule has 5 heteroatoms. The van der Waals surface area contributed by atoms with Gasteiger partial charge in [0.2, 0.25) is 5.91 Å². The van der Waals surface area contributed by atoms with Crippen LogP contribution < -0.4 is 4.90 Å². The van der Waals surface area contributed by atoms with Gasteiger partial charge in [0.15, 0.2) is 0 Å². The SMILES string of the molecule is COC(=O)C1CC(=O)N(c2cc(C)ccc2Cl)C1. The number of nitrogens with zero attached hydrogens (tertiary/aromatic N) is 1. The van der Waals surface area contributed by atoms with Gasteiger partial charge in [-0.15, -0.1) is 0 Å². The number of rotatable bonds is 2. The number of anilines is 1. The quantitative estimate of drug-likeness (QED) is 0.772. The van der Waals surface area contributed by atoms with Crippen LogP contribution in [-0.4, -0.2) is 25.5 Å². The topological polar surface area (TPSA) is 46.6 Å². The zero-order chi connectivity index (χ0) is 13.3. The van der Waals surface area contributed by atoms with Gasteiger partial charge in [-0.2, -0.15) is 0 Å². The summed E-state index contributed by atoms with van der Waals surface area (Å²) in [6, 6.07) is 5.48. The minimum atomic E-state index is -0.404. The molecule has 1 fully saturated rings. The molecule has 1 atom stereocenters. The Labute approximate surface area is 110 Å². The summed E-state index contributed by atoms with van der Waals surface area (Å²) in [5, 5.41) is 0.513. The van der Waals surface area contributed by atoms with Crippen LogP contribution in [0.15, 0.2) is 18.2 Å². The Bertz CT molecular complexity index is 501. The Balaban J connectivity index is 2.27. The van der Waals surface area contributed by atoms with Crippen LogP contribution in [0.3, 0.4) is 0 Å². The van der Waals surface area contributed by atoms with Gasteiger partial charge in [0.05, 0.1) is 23.7 Å². The van der Waals surface area contributed by atoms with Gasteiger partial charge in [-0.3, -0.25) is 9.59 Å². The van der Waals surface area contributed by atoms with E-state index in [1.165, 1.54) is 7.11 Å². The van der Waals surface area contributed by atoms with E-state index in [4.69, 9.17) is 11.6 Å². The number of halogens is 1. The molecule has 1 saturated heterocycles. The van der Waals surface area contributed by atoms with Crippen LogP contribution >= 0.6 is 11.6 Å². The Morgan fingerprint density at radius 3 is 2.89 bits per heavy atom. The molecule has 0 aromatic heterocycles. The van der Waals surface area contributed by atoms with Gasteiger partial charge in [0.1, 0.15) is 0 Å². The van der Waals surface area contributed by atoms with Crippen LogP contribution in [0.25, 0.3) is 0 Å². The summed E-state index contributed by atoms with van der Waals surface area (Å²) in [7, 11) is 1.33. The second kappa shape index (κ2) is 4.98. The lowest BCUT2D eigenvalue weighted by Crippen LogP contribution is -2.26. The molecule has 1 unspecified atom stereocenters. The second-order valence-corrected chi connectivity index (χ2v) is 4.79. The van der Waals surface area contributed by atoms with E-state index >= 15 is 0 Å². The van der Waals surface area contributed by atoms with Crippen LogP contribution in [0.1, 0.15) is 12.0 Å². The zero-order valence-corrected chi connectivity index (χ0v) is 11.0. The number of ether oxygens (including phenoxy) is 1. The first-order valence-electron chi connectivity index (χ1n) is 5.67. The predicted molar refractivity (Wildman–Crippen MR) is 68.7 cm³/mol. The van der Waals surface area contributed by atoms with E-state index in [2.05, 4.69) is 4.74 Å². The van der Waals surface area contributed by atoms with Crippen molar-refractivity contribution in [3.8, 4) is 0 Å². The summed E-state index contributed by atoms with van der Waals surface area (Å²) in [6.07, 6.45) is 0.178. The molecule has 0 radical (unpaired) electrons. The molecule has 4 nitrogen and oxygen atoms in total. The molecule has 1 aliphatic heterocycles. The molecule has 0 aliphatic carbocycles. The summed E-state index contributed by atoms with van der Waals surface area (Å²) in [6.45, 7) is 2.26. The standard InChI is InChI=1S/C13H14ClNO3/c1-8-3-4-10(14)11(5-8)15-7-9(6-12(15)16)13(17)18-2/h3-5,9H,6-7H2,1-2H3. The van der Waals surface area contributed by atoms with Gasteiger partial charge in [-0.25, -0.2) is 0 Å². The Morgan fingerprint density at radius 2 is 2.22 bits per heavy atom. The molecule has 1 aromatic carbocycles. The normalized spacial score (nSPS) is 19.2. The number of hydrogen-bond acceptors (Lipinski definition) is 3. The highest BCUT2D eigenvalue weighted by Crippen LogP contribution is 2.32. The van der Waals surface area contributed by atoms with Crippen LogP contribution in [0.5, 0.6) is 0 Å². The summed E-state index contributed by atoms with van der Waals surface area (Å²) in [5.41, 5.74) is 1.68. The van der Waals surface area contributed by atoms with Gasteiger partial charge in [0.25, 0.3) is 0 Å². The largest absolute Gasteiger partial charge is 0.469 e. The lowest BCUT2D eigenvalue weighted by Gasteiger charge is -2.18. The van der Waals surface area contributed by atoms with Crippen molar-refractivity contribution in [2.45, 2.75) is 13.3 Å². The van der Waals surface area contributed by atoms with Gasteiger partial charge in [-0.1, -0.05) is 17.7 Å². The summed E-state index contributed by atoms with van der Waals surface area (Å²) < 4.78 is 4.67. The molecule has 1 heterocycles. The van der Waals surface area contributed by atoms with Crippen molar-refractivity contribution in [1.82, 2.24) is 0 Å². The molecule has 96 valence electrons. The van der Waals surface area contributed by atoms with Crippen LogP contribution in [0, 0.1) is 12.8 Å². The third-order valence-corrected chi connectivity index (χ3v) is 3.37. The molecule has 1 aromatic rings. The number of amides is 1. The van der Waals surface area contributed by atoms with Crippen molar-refractivity contribution >= 4 is 29.2 Å². The van der Waals surface area contributed by atoms with Crippen molar-refractivity contribution in [2.24, 2.45) is 5.92 Å². The fraction of sp³-hybridized carbons (Fsp3) is 0.385. The minimum Gasteiger partial charge on any atom is -0.469 e. The van der Waals surface area contributed by atoms with E-state index in [9.17, 15) is 9.59 Å². The maximum Gasteiger partial charge on any atom is 0.311 e. The minimum absolute atomic E-state index is 0.0992. The first-order valence-corrected chi connectivity index (χ1v) is 6.05. The fourth-order valence-corrected chi connectivity index (χ4v) is 2.31. The highest BCUT2D eigenvalue weighted by atomic mass is 35.5. The van der Waals surface area contributed by atoms with Crippen molar-refractivity contribution in [3.63, 3.8) is 0 Å². The Morgan fingerprint density at radius 1 is 1.50 bits per heavy atom. The number of carbonyl (C=O) groups is 2. The maximum atomic E-state index is 11.9. The molecular formula is C13H14ClNO3. The van der Waals surface area contributed by atoms with Gasteiger partial charge < -0.3 is 9.64 Å². The van der Waals surface area contributed by atoms with Crippen molar-refractivity contribution in [2.75, 3.05) is 18.6 Å². The first-order chi connectivity index (χ1) is 8.52. The average Bonchev–Trinajstić information content (AvgIpc) is 2.73. The Hall–Kier alpha value is -1.55. The maximum absolute atomic E-state index is 11.9. The molecule has 2 rings (SSSR count). The number of hydrogen-bond donors (Lipinski definition) is 0. The van der Waals surface area contributed by atoms with E-state index in [1.807, 2.05) is 19.1 Å². The summed E-state index contributed by atoms with van der Waals surface area (Å²) in [4.78, 5) is 24.9. The monoisotopic (exact) mass is 267 g/mol. The third kappa shape index (κ3) is 2.34. The Kier molecular flexibility index (Phi) is 3.57. The molecule has 0 bridgehead atoms. The van der Waals surface area contributed by atoms with Crippen molar-refractivity contribution in [1.29, 1.82) is 0 Å². The summed E-state index contributed by atoms with van der Waals surface area (Å²) >= 11 is 6.09. The first kappa shape index (κ1) is 12.9. The molecule has 0 spiro atoms. The van der Waals surface area contributed by atoms with Crippen LogP contribution in [-0.2, 0) is 14.3 Å². The van der Waals surface area contributed by atoms with E-state index < -0.39 is 5.92 Å². The number of benzene rings is 1. The van der Waals surface area contributed by atoms with E-state index in [-0.39, 0.29) is 18.3 Å². The number of esters is 1. The highest BCUT2D eigenvalue weighted by Gasteiger charge is 2.36. The molecule has 18 heavy (non-hydrogen) atoms.